The maximum atomic E-state index is 10.6. The van der Waals surface area contributed by atoms with Crippen molar-refractivity contribution in [3.8, 4) is 0 Å². The highest BCUT2D eigenvalue weighted by Gasteiger charge is 2.22. The fourth-order valence-electron chi connectivity index (χ4n) is 2.72. The number of hydrogen-bond donors (Lipinski definition) is 2. The Bertz CT molecular complexity index is 529. The van der Waals surface area contributed by atoms with Gasteiger partial charge in [-0.25, -0.2) is 4.99 Å². The van der Waals surface area contributed by atoms with E-state index in [2.05, 4.69) is 22.1 Å². The van der Waals surface area contributed by atoms with Crippen LogP contribution in [0.5, 0.6) is 0 Å². The molecule has 0 aromatic heterocycles. The van der Waals surface area contributed by atoms with Gasteiger partial charge >= 0.3 is 0 Å². The largest absolute Gasteiger partial charge is 0.370 e. The highest BCUT2D eigenvalue weighted by Crippen LogP contribution is 2.15. The summed E-state index contributed by atoms with van der Waals surface area (Å²) in [6.45, 7) is 5.61. The molecule has 1 aliphatic heterocycles. The second kappa shape index (κ2) is 7.74. The summed E-state index contributed by atoms with van der Waals surface area (Å²) >= 11 is 0. The van der Waals surface area contributed by atoms with E-state index in [9.17, 15) is 10.1 Å². The monoisotopic (exact) mass is 305 g/mol. The Kier molecular flexibility index (Phi) is 5.71. The SMILES string of the molecule is CCN1CCCC1CNC(N)=NCc1ccc([N+](=O)[O-])cc1. The molecule has 0 radical (unpaired) electrons. The first kappa shape index (κ1) is 16.2. The molecule has 22 heavy (non-hydrogen) atoms. The topological polar surface area (TPSA) is 96.8 Å². The predicted octanol–water partition coefficient (Wildman–Crippen LogP) is 1.48. The van der Waals surface area contributed by atoms with Gasteiger partial charge in [0.1, 0.15) is 0 Å². The lowest BCUT2D eigenvalue weighted by molar-refractivity contribution is -0.384. The summed E-state index contributed by atoms with van der Waals surface area (Å²) in [5.41, 5.74) is 6.85. The van der Waals surface area contributed by atoms with E-state index >= 15 is 0 Å². The van der Waals surface area contributed by atoms with Crippen LogP contribution < -0.4 is 11.1 Å². The van der Waals surface area contributed by atoms with Gasteiger partial charge in [0.25, 0.3) is 5.69 Å². The molecule has 3 N–H and O–H groups in total. The van der Waals surface area contributed by atoms with Crippen LogP contribution in [0.4, 0.5) is 5.69 Å². The van der Waals surface area contributed by atoms with Gasteiger partial charge in [0.05, 0.1) is 11.5 Å². The smallest absolute Gasteiger partial charge is 0.269 e. The van der Waals surface area contributed by atoms with Gasteiger partial charge in [-0.3, -0.25) is 15.0 Å². The van der Waals surface area contributed by atoms with E-state index in [1.807, 2.05) is 0 Å². The number of likely N-dealkylation sites (tertiary alicyclic amines) is 1. The predicted molar refractivity (Wildman–Crippen MR) is 86.7 cm³/mol. The molecule has 7 nitrogen and oxygen atoms in total. The van der Waals surface area contributed by atoms with Gasteiger partial charge in [-0.05, 0) is 31.5 Å². The highest BCUT2D eigenvalue weighted by molar-refractivity contribution is 5.77. The fourth-order valence-corrected chi connectivity index (χ4v) is 2.72. The van der Waals surface area contributed by atoms with Crippen molar-refractivity contribution in [1.82, 2.24) is 10.2 Å². The molecule has 120 valence electrons. The minimum absolute atomic E-state index is 0.0831. The third-order valence-electron chi connectivity index (χ3n) is 4.00. The lowest BCUT2D eigenvalue weighted by atomic mass is 10.2. The van der Waals surface area contributed by atoms with Gasteiger partial charge < -0.3 is 11.1 Å². The first-order valence-electron chi connectivity index (χ1n) is 7.61. The molecule has 1 heterocycles. The molecule has 1 unspecified atom stereocenters. The van der Waals surface area contributed by atoms with Crippen molar-refractivity contribution in [2.24, 2.45) is 10.7 Å². The summed E-state index contributed by atoms with van der Waals surface area (Å²) in [5.74, 6) is 0.418. The summed E-state index contributed by atoms with van der Waals surface area (Å²) < 4.78 is 0. The van der Waals surface area contributed by atoms with Crippen LogP contribution in [-0.4, -0.2) is 41.5 Å². The highest BCUT2D eigenvalue weighted by atomic mass is 16.6. The molecule has 0 spiro atoms. The van der Waals surface area contributed by atoms with Crippen LogP contribution >= 0.6 is 0 Å². The molecule has 2 rings (SSSR count). The second-order valence-electron chi connectivity index (χ2n) is 5.43. The molecule has 7 heteroatoms. The average Bonchev–Trinajstić information content (AvgIpc) is 2.98. The standard InChI is InChI=1S/C15H23N5O2/c1-2-19-9-3-4-14(19)11-18-15(16)17-10-12-5-7-13(8-6-12)20(21)22/h5-8,14H,2-4,9-11H2,1H3,(H3,16,17,18). The van der Waals surface area contributed by atoms with Crippen LogP contribution in [0.1, 0.15) is 25.3 Å². The quantitative estimate of drug-likeness (QED) is 0.359. The van der Waals surface area contributed by atoms with Gasteiger partial charge in [-0.2, -0.15) is 0 Å². The molecular formula is C15H23N5O2. The number of benzene rings is 1. The zero-order valence-corrected chi connectivity index (χ0v) is 12.9. The normalized spacial score (nSPS) is 19.3. The number of nitro benzene ring substituents is 1. The number of guanidine groups is 1. The van der Waals surface area contributed by atoms with Crippen molar-refractivity contribution in [3.05, 3.63) is 39.9 Å². The number of hydrogen-bond acceptors (Lipinski definition) is 4. The summed E-state index contributed by atoms with van der Waals surface area (Å²) in [7, 11) is 0. The zero-order valence-electron chi connectivity index (χ0n) is 12.9. The van der Waals surface area contributed by atoms with Crippen molar-refractivity contribution in [1.29, 1.82) is 0 Å². The van der Waals surface area contributed by atoms with Crippen LogP contribution in [0.2, 0.25) is 0 Å². The number of nitrogens with zero attached hydrogens (tertiary/aromatic N) is 3. The number of likely N-dealkylation sites (N-methyl/N-ethyl adjacent to an activating group) is 1. The molecule has 0 amide bonds. The van der Waals surface area contributed by atoms with Crippen molar-refractivity contribution in [2.75, 3.05) is 19.6 Å². The fraction of sp³-hybridized carbons (Fsp3) is 0.533. The minimum Gasteiger partial charge on any atom is -0.370 e. The zero-order chi connectivity index (χ0) is 15.9. The average molecular weight is 305 g/mol. The molecule has 1 saturated heterocycles. The van der Waals surface area contributed by atoms with Gasteiger partial charge in [0.15, 0.2) is 5.96 Å². The van der Waals surface area contributed by atoms with Crippen LogP contribution in [0.3, 0.4) is 0 Å². The Morgan fingerprint density at radius 2 is 2.23 bits per heavy atom. The number of nitrogens with two attached hydrogens (primary N) is 1. The molecule has 1 aromatic rings. The summed E-state index contributed by atoms with van der Waals surface area (Å²) in [5, 5.41) is 13.8. The number of aliphatic imine (C=N–C) groups is 1. The van der Waals surface area contributed by atoms with Gasteiger partial charge in [-0.1, -0.05) is 19.1 Å². The Morgan fingerprint density at radius 1 is 1.50 bits per heavy atom. The number of nitro groups is 1. The summed E-state index contributed by atoms with van der Waals surface area (Å²) in [4.78, 5) is 16.9. The third-order valence-corrected chi connectivity index (χ3v) is 4.00. The maximum absolute atomic E-state index is 10.6. The van der Waals surface area contributed by atoms with E-state index in [1.54, 1.807) is 12.1 Å². The molecule has 0 aliphatic carbocycles. The van der Waals surface area contributed by atoms with E-state index in [4.69, 9.17) is 5.73 Å². The van der Waals surface area contributed by atoms with E-state index in [1.165, 1.54) is 25.0 Å². The number of non-ortho nitro benzene ring substituents is 1. The second-order valence-corrected chi connectivity index (χ2v) is 5.43. The Morgan fingerprint density at radius 3 is 2.86 bits per heavy atom. The summed E-state index contributed by atoms with van der Waals surface area (Å²) in [6.07, 6.45) is 2.43. The lowest BCUT2D eigenvalue weighted by Gasteiger charge is -2.23. The third kappa shape index (κ3) is 4.42. The van der Waals surface area contributed by atoms with Crippen LogP contribution in [0.15, 0.2) is 29.3 Å². The van der Waals surface area contributed by atoms with E-state index in [0.29, 0.717) is 18.5 Å². The van der Waals surface area contributed by atoms with Crippen molar-refractivity contribution in [2.45, 2.75) is 32.4 Å². The van der Waals surface area contributed by atoms with Crippen molar-refractivity contribution < 1.29 is 4.92 Å². The first-order chi connectivity index (χ1) is 10.6. The van der Waals surface area contributed by atoms with Gasteiger partial charge in [0.2, 0.25) is 0 Å². The van der Waals surface area contributed by atoms with E-state index in [0.717, 1.165) is 25.2 Å². The number of nitrogens with one attached hydrogen (secondary N) is 1. The van der Waals surface area contributed by atoms with Crippen LogP contribution in [0.25, 0.3) is 0 Å². The molecule has 1 aromatic carbocycles. The number of rotatable bonds is 6. The molecule has 0 saturated carbocycles. The van der Waals surface area contributed by atoms with Gasteiger partial charge in [0, 0.05) is 24.7 Å². The van der Waals surface area contributed by atoms with E-state index in [-0.39, 0.29) is 5.69 Å². The van der Waals surface area contributed by atoms with Crippen molar-refractivity contribution >= 4 is 11.6 Å². The van der Waals surface area contributed by atoms with E-state index < -0.39 is 4.92 Å². The van der Waals surface area contributed by atoms with Crippen LogP contribution in [-0.2, 0) is 6.54 Å². The molecule has 1 atom stereocenters. The molecule has 0 bridgehead atoms. The van der Waals surface area contributed by atoms with Crippen molar-refractivity contribution in [3.63, 3.8) is 0 Å². The molecular weight excluding hydrogens is 282 g/mol. The lowest BCUT2D eigenvalue weighted by Crippen LogP contribution is -2.42. The minimum atomic E-state index is -0.413. The van der Waals surface area contributed by atoms with Crippen LogP contribution in [0, 0.1) is 10.1 Å². The molecule has 1 aliphatic rings. The Balaban J connectivity index is 1.80. The summed E-state index contributed by atoms with van der Waals surface area (Å²) in [6, 6.07) is 6.88. The Labute approximate surface area is 130 Å². The molecule has 1 fully saturated rings. The maximum Gasteiger partial charge on any atom is 0.269 e. The van der Waals surface area contributed by atoms with Gasteiger partial charge in [-0.15, -0.1) is 0 Å². The Hall–Kier alpha value is -2.15. The first-order valence-corrected chi connectivity index (χ1v) is 7.61.